The van der Waals surface area contributed by atoms with E-state index in [-0.39, 0.29) is 0 Å². The first kappa shape index (κ1) is 14.7. The SMILES string of the molecule is Cc1cc(C)c(CCN(C)C(C)C(=O)O)c(C)c1. The number of hydrogen-bond donors (Lipinski definition) is 1. The van der Waals surface area contributed by atoms with Crippen LogP contribution < -0.4 is 0 Å². The summed E-state index contributed by atoms with van der Waals surface area (Å²) in [6.07, 6.45) is 0.895. The standard InChI is InChI=1S/C15H23NO2/c1-10-8-11(2)14(12(3)9-10)6-7-16(5)13(4)15(17)18/h8-9,13H,6-7H2,1-5H3,(H,17,18). The second kappa shape index (κ2) is 6.01. The summed E-state index contributed by atoms with van der Waals surface area (Å²) in [5.74, 6) is -0.769. The molecular formula is C15H23NO2. The molecule has 100 valence electrons. The van der Waals surface area contributed by atoms with Crippen molar-refractivity contribution in [1.82, 2.24) is 4.90 Å². The maximum absolute atomic E-state index is 10.9. The summed E-state index contributed by atoms with van der Waals surface area (Å²) < 4.78 is 0. The van der Waals surface area contributed by atoms with Gasteiger partial charge in [-0.05, 0) is 57.9 Å². The van der Waals surface area contributed by atoms with Crippen molar-refractivity contribution in [2.75, 3.05) is 13.6 Å². The summed E-state index contributed by atoms with van der Waals surface area (Å²) in [7, 11) is 1.86. The number of carboxylic acid groups (broad SMARTS) is 1. The molecule has 3 nitrogen and oxygen atoms in total. The lowest BCUT2D eigenvalue weighted by molar-refractivity contribution is -0.142. The molecule has 1 unspecified atom stereocenters. The van der Waals surface area contributed by atoms with Gasteiger partial charge in [0.25, 0.3) is 0 Å². The summed E-state index contributed by atoms with van der Waals surface area (Å²) in [5, 5.41) is 8.95. The predicted molar refractivity (Wildman–Crippen MR) is 74.1 cm³/mol. The minimum atomic E-state index is -0.769. The van der Waals surface area contributed by atoms with E-state index >= 15 is 0 Å². The van der Waals surface area contributed by atoms with Gasteiger partial charge < -0.3 is 5.11 Å². The molecule has 0 amide bonds. The van der Waals surface area contributed by atoms with Crippen LogP contribution in [0.25, 0.3) is 0 Å². The molecule has 1 rings (SSSR count). The molecule has 0 aromatic heterocycles. The molecule has 1 N–H and O–H groups in total. The molecule has 0 aliphatic carbocycles. The van der Waals surface area contributed by atoms with E-state index in [9.17, 15) is 4.79 Å². The molecule has 1 aromatic carbocycles. The normalized spacial score (nSPS) is 12.8. The van der Waals surface area contributed by atoms with E-state index < -0.39 is 12.0 Å². The van der Waals surface area contributed by atoms with E-state index in [2.05, 4.69) is 32.9 Å². The fourth-order valence-electron chi connectivity index (χ4n) is 2.27. The Morgan fingerprint density at radius 2 is 1.78 bits per heavy atom. The van der Waals surface area contributed by atoms with Gasteiger partial charge in [-0.2, -0.15) is 0 Å². The quantitative estimate of drug-likeness (QED) is 0.872. The Morgan fingerprint density at radius 3 is 2.22 bits per heavy atom. The van der Waals surface area contributed by atoms with Gasteiger partial charge in [0.2, 0.25) is 0 Å². The van der Waals surface area contributed by atoms with Crippen molar-refractivity contribution in [2.24, 2.45) is 0 Å². The minimum Gasteiger partial charge on any atom is -0.480 e. The van der Waals surface area contributed by atoms with E-state index in [4.69, 9.17) is 5.11 Å². The van der Waals surface area contributed by atoms with Gasteiger partial charge in [-0.1, -0.05) is 17.7 Å². The van der Waals surface area contributed by atoms with Crippen molar-refractivity contribution < 1.29 is 9.90 Å². The lowest BCUT2D eigenvalue weighted by Gasteiger charge is -2.22. The number of aryl methyl sites for hydroxylation is 3. The maximum Gasteiger partial charge on any atom is 0.320 e. The van der Waals surface area contributed by atoms with Crippen LogP contribution in [0.3, 0.4) is 0 Å². The van der Waals surface area contributed by atoms with E-state index in [1.807, 2.05) is 11.9 Å². The zero-order chi connectivity index (χ0) is 13.9. The summed E-state index contributed by atoms with van der Waals surface area (Å²) in [4.78, 5) is 12.8. The monoisotopic (exact) mass is 249 g/mol. The number of rotatable bonds is 5. The number of aliphatic carboxylic acids is 1. The number of likely N-dealkylation sites (N-methyl/N-ethyl adjacent to an activating group) is 1. The summed E-state index contributed by atoms with van der Waals surface area (Å²) in [6, 6.07) is 3.93. The van der Waals surface area contributed by atoms with Crippen molar-refractivity contribution in [3.05, 3.63) is 34.4 Å². The Balaban J connectivity index is 2.72. The highest BCUT2D eigenvalue weighted by molar-refractivity contribution is 5.72. The third kappa shape index (κ3) is 3.57. The molecule has 0 saturated heterocycles. The number of carboxylic acids is 1. The molecule has 1 atom stereocenters. The number of benzene rings is 1. The summed E-state index contributed by atoms with van der Waals surface area (Å²) in [6.45, 7) is 8.82. The minimum absolute atomic E-state index is 0.434. The van der Waals surface area contributed by atoms with Crippen molar-refractivity contribution in [2.45, 2.75) is 40.2 Å². The van der Waals surface area contributed by atoms with Gasteiger partial charge in [-0.15, -0.1) is 0 Å². The highest BCUT2D eigenvalue weighted by atomic mass is 16.4. The van der Waals surface area contributed by atoms with E-state index in [1.54, 1.807) is 6.92 Å². The molecule has 0 fully saturated rings. The molecular weight excluding hydrogens is 226 g/mol. The van der Waals surface area contributed by atoms with Gasteiger partial charge in [0.15, 0.2) is 0 Å². The third-order valence-corrected chi connectivity index (χ3v) is 3.57. The summed E-state index contributed by atoms with van der Waals surface area (Å²) in [5.41, 5.74) is 5.21. The van der Waals surface area contributed by atoms with Crippen LogP contribution in [0.15, 0.2) is 12.1 Å². The van der Waals surface area contributed by atoms with E-state index in [0.29, 0.717) is 0 Å². The first-order chi connectivity index (χ1) is 8.32. The van der Waals surface area contributed by atoms with Gasteiger partial charge in [0.1, 0.15) is 6.04 Å². The lowest BCUT2D eigenvalue weighted by atomic mass is 9.97. The Kier molecular flexibility index (Phi) is 4.91. The van der Waals surface area contributed by atoms with Gasteiger partial charge in [-0.25, -0.2) is 0 Å². The molecule has 0 aliphatic rings. The van der Waals surface area contributed by atoms with Crippen LogP contribution in [0.4, 0.5) is 0 Å². The summed E-state index contributed by atoms with van der Waals surface area (Å²) >= 11 is 0. The van der Waals surface area contributed by atoms with Crippen molar-refractivity contribution in [3.8, 4) is 0 Å². The molecule has 0 bridgehead atoms. The average Bonchev–Trinajstić information content (AvgIpc) is 2.25. The van der Waals surface area contributed by atoms with Gasteiger partial charge in [-0.3, -0.25) is 9.69 Å². The molecule has 1 aromatic rings. The Bertz CT molecular complexity index is 417. The van der Waals surface area contributed by atoms with Crippen LogP contribution >= 0.6 is 0 Å². The van der Waals surface area contributed by atoms with Crippen LogP contribution in [-0.4, -0.2) is 35.6 Å². The maximum atomic E-state index is 10.9. The first-order valence-electron chi connectivity index (χ1n) is 6.32. The van der Waals surface area contributed by atoms with Gasteiger partial charge in [0.05, 0.1) is 0 Å². The fraction of sp³-hybridized carbons (Fsp3) is 0.533. The van der Waals surface area contributed by atoms with Crippen LogP contribution in [0.2, 0.25) is 0 Å². The lowest BCUT2D eigenvalue weighted by Crippen LogP contribution is -2.37. The molecule has 18 heavy (non-hydrogen) atoms. The zero-order valence-corrected chi connectivity index (χ0v) is 11.9. The molecule has 0 radical (unpaired) electrons. The van der Waals surface area contributed by atoms with E-state index in [0.717, 1.165) is 13.0 Å². The molecule has 3 heteroatoms. The first-order valence-corrected chi connectivity index (χ1v) is 6.32. The highest BCUT2D eigenvalue weighted by Crippen LogP contribution is 2.17. The zero-order valence-electron chi connectivity index (χ0n) is 11.9. The molecule has 0 heterocycles. The average molecular weight is 249 g/mol. The van der Waals surface area contributed by atoms with Crippen LogP contribution in [0.1, 0.15) is 29.2 Å². The van der Waals surface area contributed by atoms with Crippen molar-refractivity contribution >= 4 is 5.97 Å². The highest BCUT2D eigenvalue weighted by Gasteiger charge is 2.16. The van der Waals surface area contributed by atoms with Crippen LogP contribution in [0, 0.1) is 20.8 Å². The Labute approximate surface area is 109 Å². The smallest absolute Gasteiger partial charge is 0.320 e. The largest absolute Gasteiger partial charge is 0.480 e. The van der Waals surface area contributed by atoms with Crippen molar-refractivity contribution in [1.29, 1.82) is 0 Å². The van der Waals surface area contributed by atoms with Gasteiger partial charge in [0, 0.05) is 6.54 Å². The Hall–Kier alpha value is -1.35. The number of nitrogens with zero attached hydrogens (tertiary/aromatic N) is 1. The van der Waals surface area contributed by atoms with Gasteiger partial charge >= 0.3 is 5.97 Å². The second-order valence-corrected chi connectivity index (χ2v) is 5.12. The van der Waals surface area contributed by atoms with E-state index in [1.165, 1.54) is 22.3 Å². The molecule has 0 saturated carbocycles. The fourth-order valence-corrected chi connectivity index (χ4v) is 2.27. The molecule has 0 spiro atoms. The topological polar surface area (TPSA) is 40.5 Å². The van der Waals surface area contributed by atoms with Crippen LogP contribution in [0.5, 0.6) is 0 Å². The third-order valence-electron chi connectivity index (χ3n) is 3.57. The Morgan fingerprint density at radius 1 is 1.28 bits per heavy atom. The number of hydrogen-bond acceptors (Lipinski definition) is 2. The predicted octanol–water partition coefficient (Wildman–Crippen LogP) is 2.56. The number of carbonyl (C=O) groups is 1. The van der Waals surface area contributed by atoms with Crippen LogP contribution in [-0.2, 0) is 11.2 Å². The van der Waals surface area contributed by atoms with Crippen molar-refractivity contribution in [3.63, 3.8) is 0 Å². The molecule has 0 aliphatic heterocycles. The second-order valence-electron chi connectivity index (χ2n) is 5.12.